The minimum Gasteiger partial charge on any atom is -0.478 e. The third-order valence-corrected chi connectivity index (χ3v) is 3.39. The second-order valence-electron chi connectivity index (χ2n) is 3.95. The largest absolute Gasteiger partial charge is 0.478 e. The molecule has 0 aromatic carbocycles. The summed E-state index contributed by atoms with van der Waals surface area (Å²) in [6.07, 6.45) is 1.10. The molecule has 98 valence electrons. The molecule has 1 fully saturated rings. The fourth-order valence-corrected chi connectivity index (χ4v) is 2.27. The van der Waals surface area contributed by atoms with Crippen molar-refractivity contribution in [3.05, 3.63) is 22.3 Å². The van der Waals surface area contributed by atoms with Gasteiger partial charge in [-0.05, 0) is 22.0 Å². The highest BCUT2D eigenvalue weighted by Crippen LogP contribution is 2.23. The van der Waals surface area contributed by atoms with Gasteiger partial charge in [-0.1, -0.05) is 0 Å². The van der Waals surface area contributed by atoms with Crippen LogP contribution in [0.15, 0.2) is 16.7 Å². The normalized spacial score (nSPS) is 19.9. The number of halogens is 1. The van der Waals surface area contributed by atoms with Crippen molar-refractivity contribution in [2.24, 2.45) is 0 Å². The number of anilines is 1. The van der Waals surface area contributed by atoms with Gasteiger partial charge < -0.3 is 19.8 Å². The summed E-state index contributed by atoms with van der Waals surface area (Å²) in [6, 6.07) is 1.67. The Hall–Kier alpha value is -1.18. The molecule has 1 aromatic rings. The smallest absolute Gasteiger partial charge is 0.338 e. The van der Waals surface area contributed by atoms with Gasteiger partial charge in [0.05, 0.1) is 24.9 Å². The summed E-state index contributed by atoms with van der Waals surface area (Å²) in [5.41, 5.74) is 0.130. The molecule has 6 nitrogen and oxygen atoms in total. The molecule has 0 aliphatic carbocycles. The summed E-state index contributed by atoms with van der Waals surface area (Å²) in [5.74, 6) is -0.343. The molecule has 1 unspecified atom stereocenters. The molecular weight excluding hydrogens is 304 g/mol. The van der Waals surface area contributed by atoms with Crippen molar-refractivity contribution in [2.75, 3.05) is 31.2 Å². The number of pyridine rings is 1. The number of nitrogens with zero attached hydrogens (tertiary/aromatic N) is 2. The van der Waals surface area contributed by atoms with Crippen LogP contribution in [0.25, 0.3) is 0 Å². The molecule has 2 heterocycles. The number of carboxylic acids is 1. The third-order valence-electron chi connectivity index (χ3n) is 2.74. The molecule has 7 heteroatoms. The lowest BCUT2D eigenvalue weighted by Gasteiger charge is -2.32. The Morgan fingerprint density at radius 3 is 3.06 bits per heavy atom. The van der Waals surface area contributed by atoms with Crippen LogP contribution < -0.4 is 4.90 Å². The van der Waals surface area contributed by atoms with Crippen LogP contribution in [0.5, 0.6) is 0 Å². The number of aromatic nitrogens is 1. The van der Waals surface area contributed by atoms with Gasteiger partial charge in [-0.3, -0.25) is 0 Å². The van der Waals surface area contributed by atoms with Gasteiger partial charge >= 0.3 is 5.97 Å². The molecule has 1 aliphatic rings. The summed E-state index contributed by atoms with van der Waals surface area (Å²) < 4.78 is 5.84. The second kappa shape index (κ2) is 5.64. The van der Waals surface area contributed by atoms with Gasteiger partial charge in [-0.25, -0.2) is 9.78 Å². The molecule has 0 spiro atoms. The molecule has 1 saturated heterocycles. The Kier molecular flexibility index (Phi) is 4.15. The molecule has 0 saturated carbocycles. The molecule has 0 radical (unpaired) electrons. The first kappa shape index (κ1) is 13.3. The maximum absolute atomic E-state index is 10.9. The Bertz CT molecular complexity index is 455. The van der Waals surface area contributed by atoms with E-state index in [1.165, 1.54) is 6.20 Å². The van der Waals surface area contributed by atoms with Crippen LogP contribution in [0.4, 0.5) is 5.82 Å². The van der Waals surface area contributed by atoms with Crippen LogP contribution in [0.3, 0.4) is 0 Å². The minimum absolute atomic E-state index is 0.0368. The number of ether oxygens (including phenoxy) is 1. The quantitative estimate of drug-likeness (QED) is 0.856. The minimum atomic E-state index is -1.02. The van der Waals surface area contributed by atoms with Crippen LogP contribution in [-0.4, -0.2) is 53.6 Å². The average molecular weight is 317 g/mol. The Labute approximate surface area is 112 Å². The third kappa shape index (κ3) is 2.80. The molecule has 0 amide bonds. The Morgan fingerprint density at radius 2 is 2.44 bits per heavy atom. The van der Waals surface area contributed by atoms with Gasteiger partial charge in [-0.15, -0.1) is 0 Å². The van der Waals surface area contributed by atoms with Crippen LogP contribution in [0.2, 0.25) is 0 Å². The SMILES string of the molecule is O=C(O)c1cnc(N2CCOC(CO)C2)cc1Br. The van der Waals surface area contributed by atoms with E-state index in [0.29, 0.717) is 30.0 Å². The number of aliphatic hydroxyl groups is 1. The van der Waals surface area contributed by atoms with Crippen LogP contribution in [-0.2, 0) is 4.74 Å². The molecular formula is C11H13BrN2O4. The number of carbonyl (C=O) groups is 1. The first-order chi connectivity index (χ1) is 8.61. The van der Waals surface area contributed by atoms with E-state index in [9.17, 15) is 4.79 Å². The summed E-state index contributed by atoms with van der Waals surface area (Å²) in [4.78, 5) is 17.0. The van der Waals surface area contributed by atoms with Crippen molar-refractivity contribution < 1.29 is 19.7 Å². The Morgan fingerprint density at radius 1 is 1.67 bits per heavy atom. The Balaban J connectivity index is 2.18. The van der Waals surface area contributed by atoms with Crippen LogP contribution in [0.1, 0.15) is 10.4 Å². The molecule has 1 aromatic heterocycles. The van der Waals surface area contributed by atoms with E-state index in [1.807, 2.05) is 4.90 Å². The highest BCUT2D eigenvalue weighted by atomic mass is 79.9. The van der Waals surface area contributed by atoms with Crippen molar-refractivity contribution in [3.63, 3.8) is 0 Å². The maximum Gasteiger partial charge on any atom is 0.338 e. The van der Waals surface area contributed by atoms with Crippen molar-refractivity contribution in [3.8, 4) is 0 Å². The zero-order valence-corrected chi connectivity index (χ0v) is 11.1. The maximum atomic E-state index is 10.9. The van der Waals surface area contributed by atoms with Crippen molar-refractivity contribution in [2.45, 2.75) is 6.10 Å². The molecule has 2 N–H and O–H groups in total. The zero-order valence-electron chi connectivity index (χ0n) is 9.54. The monoisotopic (exact) mass is 316 g/mol. The molecule has 0 bridgehead atoms. The average Bonchev–Trinajstić information content (AvgIpc) is 2.38. The summed E-state index contributed by atoms with van der Waals surface area (Å²) in [7, 11) is 0. The molecule has 2 rings (SSSR count). The number of aromatic carboxylic acids is 1. The fourth-order valence-electron chi connectivity index (χ4n) is 1.79. The summed E-state index contributed by atoms with van der Waals surface area (Å²) in [6.45, 7) is 1.70. The van der Waals surface area contributed by atoms with Crippen LogP contribution >= 0.6 is 15.9 Å². The number of hydrogen-bond acceptors (Lipinski definition) is 5. The standard InChI is InChI=1S/C11H13BrN2O4/c12-9-3-10(13-4-8(9)11(16)17)14-1-2-18-7(5-14)6-15/h3-4,7,15H,1-2,5-6H2,(H,16,17). The number of carboxylic acid groups (broad SMARTS) is 1. The number of rotatable bonds is 3. The summed E-state index contributed by atoms with van der Waals surface area (Å²) in [5, 5.41) is 18.0. The van der Waals surface area contributed by atoms with Crippen molar-refractivity contribution >= 4 is 27.7 Å². The first-order valence-corrected chi connectivity index (χ1v) is 6.27. The van der Waals surface area contributed by atoms with E-state index in [0.717, 1.165) is 0 Å². The van der Waals surface area contributed by atoms with Crippen LogP contribution in [0, 0.1) is 0 Å². The van der Waals surface area contributed by atoms with Gasteiger partial charge in [0.1, 0.15) is 5.82 Å². The second-order valence-corrected chi connectivity index (χ2v) is 4.80. The molecule has 1 atom stereocenters. The lowest BCUT2D eigenvalue weighted by Crippen LogP contribution is -2.44. The summed E-state index contributed by atoms with van der Waals surface area (Å²) >= 11 is 3.22. The number of hydrogen-bond donors (Lipinski definition) is 2. The van der Waals surface area contributed by atoms with Gasteiger partial charge in [-0.2, -0.15) is 0 Å². The lowest BCUT2D eigenvalue weighted by molar-refractivity contribution is 0.00335. The van der Waals surface area contributed by atoms with Gasteiger partial charge in [0.25, 0.3) is 0 Å². The van der Waals surface area contributed by atoms with Gasteiger partial charge in [0.15, 0.2) is 0 Å². The van der Waals surface area contributed by atoms with Crippen molar-refractivity contribution in [1.29, 1.82) is 0 Å². The first-order valence-electron chi connectivity index (χ1n) is 5.48. The van der Waals surface area contributed by atoms with Crippen molar-refractivity contribution in [1.82, 2.24) is 4.98 Å². The lowest BCUT2D eigenvalue weighted by atomic mass is 10.2. The number of aliphatic hydroxyl groups excluding tert-OH is 1. The topological polar surface area (TPSA) is 82.9 Å². The van der Waals surface area contributed by atoms with Gasteiger partial charge in [0.2, 0.25) is 0 Å². The van der Waals surface area contributed by atoms with Gasteiger partial charge in [0, 0.05) is 23.8 Å². The van der Waals surface area contributed by atoms with E-state index in [4.69, 9.17) is 14.9 Å². The van der Waals surface area contributed by atoms with E-state index >= 15 is 0 Å². The van der Waals surface area contributed by atoms with E-state index < -0.39 is 5.97 Å². The number of morpholine rings is 1. The van der Waals surface area contributed by atoms with E-state index in [1.54, 1.807) is 6.07 Å². The highest BCUT2D eigenvalue weighted by molar-refractivity contribution is 9.10. The van der Waals surface area contributed by atoms with E-state index in [-0.39, 0.29) is 18.3 Å². The zero-order chi connectivity index (χ0) is 13.1. The predicted molar refractivity (Wildman–Crippen MR) is 67.9 cm³/mol. The predicted octanol–water partition coefficient (Wildman–Crippen LogP) is 0.740. The van der Waals surface area contributed by atoms with E-state index in [2.05, 4.69) is 20.9 Å². The molecule has 18 heavy (non-hydrogen) atoms. The highest BCUT2D eigenvalue weighted by Gasteiger charge is 2.21. The molecule has 1 aliphatic heterocycles. The fraction of sp³-hybridized carbons (Fsp3) is 0.455.